The molecule has 0 saturated carbocycles. The first-order chi connectivity index (χ1) is 11.5. The van der Waals surface area contributed by atoms with Gasteiger partial charge in [-0.1, -0.05) is 44.2 Å². The lowest BCUT2D eigenvalue weighted by molar-refractivity contribution is 0.188. The van der Waals surface area contributed by atoms with Crippen LogP contribution in [0.3, 0.4) is 0 Å². The fourth-order valence-electron chi connectivity index (χ4n) is 3.08. The molecular weight excluding hydrogens is 322 g/mol. The summed E-state index contributed by atoms with van der Waals surface area (Å²) in [6, 6.07) is 9.80. The van der Waals surface area contributed by atoms with E-state index in [0.29, 0.717) is 24.1 Å². The van der Waals surface area contributed by atoms with Crippen LogP contribution < -0.4 is 5.32 Å². The number of thiazole rings is 1. The number of carbonyl (C=O) groups excluding carboxylic acids is 1. The predicted octanol–water partition coefficient (Wildman–Crippen LogP) is 3.43. The Morgan fingerprint density at radius 2 is 2.17 bits per heavy atom. The fraction of sp³-hybridized carbons (Fsp3) is 0.444. The Bertz CT molecular complexity index is 701. The number of aromatic nitrogens is 1. The molecule has 1 saturated heterocycles. The Kier molecular flexibility index (Phi) is 4.87. The van der Waals surface area contributed by atoms with E-state index in [2.05, 4.69) is 24.1 Å². The standard InChI is InChI=1S/C18H23N3O2S/c1-13(2)15-10-19-16(24-15)20-17(23)21-9-8-18(11-21,12-22)14-6-4-3-5-7-14/h3-7,10,13,22H,8-9,11-12H2,1-2H3,(H,19,20,23). The second-order valence-electron chi connectivity index (χ2n) is 6.63. The van der Waals surface area contributed by atoms with Crippen molar-refractivity contribution in [3.63, 3.8) is 0 Å². The maximum absolute atomic E-state index is 12.5. The van der Waals surface area contributed by atoms with E-state index in [9.17, 15) is 9.90 Å². The first-order valence-electron chi connectivity index (χ1n) is 8.22. The molecule has 24 heavy (non-hydrogen) atoms. The molecule has 2 amide bonds. The molecule has 1 aliphatic rings. The molecule has 1 unspecified atom stereocenters. The Balaban J connectivity index is 1.69. The van der Waals surface area contributed by atoms with E-state index in [4.69, 9.17) is 0 Å². The molecular formula is C18H23N3O2S. The van der Waals surface area contributed by atoms with Gasteiger partial charge in [0.15, 0.2) is 5.13 Å². The molecule has 2 N–H and O–H groups in total. The molecule has 3 rings (SSSR count). The number of urea groups is 1. The van der Waals surface area contributed by atoms with Crippen molar-refractivity contribution in [2.24, 2.45) is 0 Å². The fourth-order valence-corrected chi connectivity index (χ4v) is 3.88. The topological polar surface area (TPSA) is 65.5 Å². The Morgan fingerprint density at radius 3 is 2.79 bits per heavy atom. The molecule has 6 heteroatoms. The second kappa shape index (κ2) is 6.91. The number of anilines is 1. The van der Waals surface area contributed by atoms with Gasteiger partial charge in [0.1, 0.15) is 0 Å². The number of carbonyl (C=O) groups is 1. The lowest BCUT2D eigenvalue weighted by Crippen LogP contribution is -2.38. The van der Waals surface area contributed by atoms with Gasteiger partial charge in [-0.15, -0.1) is 11.3 Å². The van der Waals surface area contributed by atoms with E-state index in [1.165, 1.54) is 11.3 Å². The van der Waals surface area contributed by atoms with Crippen molar-refractivity contribution < 1.29 is 9.90 Å². The van der Waals surface area contributed by atoms with Crippen LogP contribution in [0.2, 0.25) is 0 Å². The van der Waals surface area contributed by atoms with Crippen molar-refractivity contribution in [1.82, 2.24) is 9.88 Å². The minimum atomic E-state index is -0.370. The number of nitrogens with one attached hydrogen (secondary N) is 1. The van der Waals surface area contributed by atoms with Crippen LogP contribution >= 0.6 is 11.3 Å². The van der Waals surface area contributed by atoms with Crippen LogP contribution in [0.5, 0.6) is 0 Å². The highest BCUT2D eigenvalue weighted by Crippen LogP contribution is 2.34. The number of rotatable bonds is 4. The third-order valence-corrected chi connectivity index (χ3v) is 5.85. The summed E-state index contributed by atoms with van der Waals surface area (Å²) in [5, 5.41) is 13.5. The monoisotopic (exact) mass is 345 g/mol. The van der Waals surface area contributed by atoms with Crippen LogP contribution in [0, 0.1) is 0 Å². The molecule has 0 spiro atoms. The highest BCUT2D eigenvalue weighted by atomic mass is 32.1. The lowest BCUT2D eigenvalue weighted by Gasteiger charge is -2.27. The first kappa shape index (κ1) is 16.9. The summed E-state index contributed by atoms with van der Waals surface area (Å²) >= 11 is 1.51. The van der Waals surface area contributed by atoms with E-state index in [1.807, 2.05) is 36.5 Å². The Labute approximate surface area is 146 Å². The van der Waals surface area contributed by atoms with Crippen molar-refractivity contribution in [2.75, 3.05) is 25.0 Å². The number of likely N-dealkylation sites (tertiary alicyclic amines) is 1. The van der Waals surface area contributed by atoms with E-state index in [1.54, 1.807) is 4.90 Å². The smallest absolute Gasteiger partial charge is 0.323 e. The minimum Gasteiger partial charge on any atom is -0.395 e. The van der Waals surface area contributed by atoms with Crippen LogP contribution in [-0.4, -0.2) is 40.7 Å². The molecule has 0 radical (unpaired) electrons. The SMILES string of the molecule is CC(C)c1cnc(NC(=O)N2CCC(CO)(c3ccccc3)C2)s1. The van der Waals surface area contributed by atoms with Gasteiger partial charge in [0.2, 0.25) is 0 Å². The van der Waals surface area contributed by atoms with Gasteiger partial charge >= 0.3 is 6.03 Å². The van der Waals surface area contributed by atoms with Gasteiger partial charge in [-0.25, -0.2) is 9.78 Å². The number of hydrogen-bond donors (Lipinski definition) is 2. The minimum absolute atomic E-state index is 0.0372. The maximum Gasteiger partial charge on any atom is 0.323 e. The zero-order chi connectivity index (χ0) is 17.2. The maximum atomic E-state index is 12.5. The van der Waals surface area contributed by atoms with Crippen LogP contribution in [0.4, 0.5) is 9.93 Å². The molecule has 0 aliphatic carbocycles. The summed E-state index contributed by atoms with van der Waals surface area (Å²) in [5.74, 6) is 0.403. The lowest BCUT2D eigenvalue weighted by atomic mass is 9.80. The molecule has 5 nitrogen and oxygen atoms in total. The molecule has 2 aromatic rings. The van der Waals surface area contributed by atoms with Crippen molar-refractivity contribution in [3.8, 4) is 0 Å². The van der Waals surface area contributed by atoms with Crippen molar-refractivity contribution in [1.29, 1.82) is 0 Å². The van der Waals surface area contributed by atoms with Gasteiger partial charge in [-0.05, 0) is 17.9 Å². The zero-order valence-corrected chi connectivity index (χ0v) is 14.8. The summed E-state index contributed by atoms with van der Waals surface area (Å²) in [6.45, 7) is 5.39. The molecule has 1 atom stereocenters. The number of aliphatic hydroxyl groups excluding tert-OH is 1. The molecule has 0 bridgehead atoms. The Hall–Kier alpha value is -1.92. The number of hydrogen-bond acceptors (Lipinski definition) is 4. The summed E-state index contributed by atoms with van der Waals surface area (Å²) in [7, 11) is 0. The van der Waals surface area contributed by atoms with E-state index < -0.39 is 0 Å². The average Bonchev–Trinajstić information content (AvgIpc) is 3.23. The van der Waals surface area contributed by atoms with Crippen molar-refractivity contribution >= 4 is 22.5 Å². The van der Waals surface area contributed by atoms with E-state index in [0.717, 1.165) is 16.9 Å². The van der Waals surface area contributed by atoms with Crippen LogP contribution in [0.1, 0.15) is 36.6 Å². The highest BCUT2D eigenvalue weighted by Gasteiger charge is 2.41. The summed E-state index contributed by atoms with van der Waals surface area (Å²) in [4.78, 5) is 19.7. The van der Waals surface area contributed by atoms with Gasteiger partial charge in [0, 0.05) is 29.6 Å². The van der Waals surface area contributed by atoms with Crippen molar-refractivity contribution in [2.45, 2.75) is 31.6 Å². The van der Waals surface area contributed by atoms with Gasteiger partial charge in [0.25, 0.3) is 0 Å². The van der Waals surface area contributed by atoms with Crippen LogP contribution in [-0.2, 0) is 5.41 Å². The number of benzene rings is 1. The summed E-state index contributed by atoms with van der Waals surface area (Å²) in [6.07, 6.45) is 2.58. The normalized spacial score (nSPS) is 20.6. The van der Waals surface area contributed by atoms with Crippen LogP contribution in [0.15, 0.2) is 36.5 Å². The quantitative estimate of drug-likeness (QED) is 0.892. The molecule has 2 heterocycles. The van der Waals surface area contributed by atoms with Crippen molar-refractivity contribution in [3.05, 3.63) is 47.0 Å². The third-order valence-electron chi connectivity index (χ3n) is 4.64. The molecule has 128 valence electrons. The number of nitrogens with zero attached hydrogens (tertiary/aromatic N) is 2. The average molecular weight is 345 g/mol. The van der Waals surface area contributed by atoms with Gasteiger partial charge in [-0.3, -0.25) is 5.32 Å². The molecule has 1 aromatic carbocycles. The van der Waals surface area contributed by atoms with Gasteiger partial charge in [-0.2, -0.15) is 0 Å². The zero-order valence-electron chi connectivity index (χ0n) is 14.0. The van der Waals surface area contributed by atoms with E-state index in [-0.39, 0.29) is 18.1 Å². The second-order valence-corrected chi connectivity index (χ2v) is 7.69. The molecule has 1 fully saturated rings. The largest absolute Gasteiger partial charge is 0.395 e. The summed E-state index contributed by atoms with van der Waals surface area (Å²) < 4.78 is 0. The van der Waals surface area contributed by atoms with E-state index >= 15 is 0 Å². The predicted molar refractivity (Wildman–Crippen MR) is 96.6 cm³/mol. The third kappa shape index (κ3) is 3.30. The number of amides is 2. The number of aliphatic hydroxyl groups is 1. The summed E-state index contributed by atoms with van der Waals surface area (Å²) in [5.41, 5.74) is 0.712. The highest BCUT2D eigenvalue weighted by molar-refractivity contribution is 7.15. The molecule has 1 aliphatic heterocycles. The Morgan fingerprint density at radius 1 is 1.42 bits per heavy atom. The van der Waals surface area contributed by atoms with Crippen LogP contribution in [0.25, 0.3) is 0 Å². The molecule has 1 aromatic heterocycles. The van der Waals surface area contributed by atoms with Gasteiger partial charge < -0.3 is 10.0 Å². The van der Waals surface area contributed by atoms with Gasteiger partial charge in [0.05, 0.1) is 6.61 Å². The first-order valence-corrected chi connectivity index (χ1v) is 9.04.